The fourth-order valence-corrected chi connectivity index (χ4v) is 2.33. The van der Waals surface area contributed by atoms with E-state index in [1.807, 2.05) is 12.2 Å². The molecule has 1 aliphatic carbocycles. The summed E-state index contributed by atoms with van der Waals surface area (Å²) >= 11 is 0. The van der Waals surface area contributed by atoms with Gasteiger partial charge in [-0.3, -0.25) is 4.74 Å². The van der Waals surface area contributed by atoms with Crippen LogP contribution < -0.4 is 0 Å². The molecule has 1 rings (SSSR count). The molecule has 3 heteroatoms. The van der Waals surface area contributed by atoms with Crippen molar-refractivity contribution < 1.29 is 21.7 Å². The Hall–Kier alpha value is -0.0957. The van der Waals surface area contributed by atoms with E-state index in [4.69, 9.17) is 0 Å². The van der Waals surface area contributed by atoms with Gasteiger partial charge in [-0.15, -0.1) is 0 Å². The van der Waals surface area contributed by atoms with Crippen molar-refractivity contribution in [3.8, 4) is 0 Å². The Morgan fingerprint density at radius 1 is 1.37 bits per heavy atom. The molecule has 19 heavy (non-hydrogen) atoms. The molecule has 1 nitrogen and oxygen atoms in total. The molecule has 0 heterocycles. The fourth-order valence-electron chi connectivity index (χ4n) is 1.41. The molecule has 0 saturated carbocycles. The molecule has 0 radical (unpaired) electrons. The first-order valence-corrected chi connectivity index (χ1v) is 9.76. The number of rotatable bonds is 5. The molecule has 0 aromatic heterocycles. The molecule has 0 fully saturated rings. The third kappa shape index (κ3) is 15.8. The van der Waals surface area contributed by atoms with Gasteiger partial charge in [-0.2, -0.15) is 0 Å². The normalized spacial score (nSPS) is 13.4. The van der Waals surface area contributed by atoms with Crippen LogP contribution in [-0.2, 0) is 21.7 Å². The van der Waals surface area contributed by atoms with Crippen LogP contribution in [0.15, 0.2) is 53.5 Å². The van der Waals surface area contributed by atoms with Gasteiger partial charge < -0.3 is 0 Å². The second-order valence-corrected chi connectivity index (χ2v) is 9.22. The predicted octanol–water partition coefficient (Wildman–Crippen LogP) is 5.84. The summed E-state index contributed by atoms with van der Waals surface area (Å²) in [5, 5.41) is 0. The molecule has 0 atom stereocenters. The standard InChI is InChI=1S/C8H14NP.C8H14.Ti/c1-10(2,3)9-8-6-4-5-7-8;1-3-5-7-8-6-4-2;/h4-6H,7H2,1-3H3;3,5,7H,1,4,6,8H2,2H3;. The molecule has 0 aromatic rings. The van der Waals surface area contributed by atoms with Gasteiger partial charge in [0.05, 0.1) is 0 Å². The molecule has 0 amide bonds. The quantitative estimate of drug-likeness (QED) is 0.262. The van der Waals surface area contributed by atoms with Crippen molar-refractivity contribution in [2.45, 2.75) is 32.6 Å². The van der Waals surface area contributed by atoms with Gasteiger partial charge in [-0.05, 0) is 39.5 Å². The van der Waals surface area contributed by atoms with Crippen molar-refractivity contribution in [1.29, 1.82) is 0 Å². The van der Waals surface area contributed by atoms with Crippen LogP contribution in [-0.4, -0.2) is 20.0 Å². The summed E-state index contributed by atoms with van der Waals surface area (Å²) in [7, 11) is -0.948. The van der Waals surface area contributed by atoms with Crippen molar-refractivity contribution in [2.75, 3.05) is 20.0 Å². The average Bonchev–Trinajstić information content (AvgIpc) is 2.76. The van der Waals surface area contributed by atoms with E-state index in [-0.39, 0.29) is 21.7 Å². The van der Waals surface area contributed by atoms with Gasteiger partial charge in [0, 0.05) is 33.8 Å². The smallest absolute Gasteiger partial charge is 0.0424 e. The molecule has 0 unspecified atom stereocenters. The monoisotopic (exact) mass is 313 g/mol. The van der Waals surface area contributed by atoms with Gasteiger partial charge >= 0.3 is 0 Å². The Bertz CT molecular complexity index is 364. The summed E-state index contributed by atoms with van der Waals surface area (Å²) in [6, 6.07) is 0. The average molecular weight is 313 g/mol. The molecular weight excluding hydrogens is 285 g/mol. The number of unbranched alkanes of at least 4 members (excludes halogenated alkanes) is 2. The zero-order chi connectivity index (χ0) is 13.9. The SMILES string of the molecule is C=CC=CCCCC.CP(C)(C)=NC1=CC=CC1.[Ti]. The van der Waals surface area contributed by atoms with Gasteiger partial charge in [-0.1, -0.05) is 56.7 Å². The molecular formula is C16H28NPTi. The van der Waals surface area contributed by atoms with Crippen molar-refractivity contribution in [3.05, 3.63) is 48.7 Å². The van der Waals surface area contributed by atoms with Crippen molar-refractivity contribution in [1.82, 2.24) is 0 Å². The molecule has 0 bridgehead atoms. The minimum absolute atomic E-state index is 0. The van der Waals surface area contributed by atoms with E-state index < -0.39 is 7.05 Å². The van der Waals surface area contributed by atoms with Crippen molar-refractivity contribution in [3.63, 3.8) is 0 Å². The molecule has 0 saturated heterocycles. The number of hydrogen-bond donors (Lipinski definition) is 0. The van der Waals surface area contributed by atoms with Crippen molar-refractivity contribution in [2.24, 2.45) is 4.74 Å². The first-order valence-electron chi connectivity index (χ1n) is 6.67. The minimum atomic E-state index is -0.948. The van der Waals surface area contributed by atoms with E-state index >= 15 is 0 Å². The van der Waals surface area contributed by atoms with Gasteiger partial charge in [0.2, 0.25) is 0 Å². The summed E-state index contributed by atoms with van der Waals surface area (Å²) in [5.41, 5.74) is 1.25. The first kappa shape index (κ1) is 21.2. The van der Waals surface area contributed by atoms with Crippen LogP contribution in [0.3, 0.4) is 0 Å². The second kappa shape index (κ2) is 12.9. The maximum absolute atomic E-state index is 4.62. The summed E-state index contributed by atoms with van der Waals surface area (Å²) in [6.07, 6.45) is 17.1. The number of allylic oxidation sites excluding steroid dienone is 6. The first-order chi connectivity index (χ1) is 8.49. The Labute approximate surface area is 134 Å². The van der Waals surface area contributed by atoms with E-state index in [0.717, 1.165) is 6.42 Å². The van der Waals surface area contributed by atoms with Gasteiger partial charge in [0.25, 0.3) is 0 Å². The van der Waals surface area contributed by atoms with Gasteiger partial charge in [0.1, 0.15) is 0 Å². The number of hydrogen-bond acceptors (Lipinski definition) is 1. The molecule has 0 aromatic carbocycles. The van der Waals surface area contributed by atoms with E-state index in [9.17, 15) is 0 Å². The Morgan fingerprint density at radius 2 is 2.05 bits per heavy atom. The van der Waals surface area contributed by atoms with E-state index in [1.54, 1.807) is 0 Å². The Kier molecular flexibility index (Phi) is 14.4. The maximum atomic E-state index is 4.62. The molecule has 0 spiro atoms. The van der Waals surface area contributed by atoms with Crippen LogP contribution in [0.1, 0.15) is 32.6 Å². The molecule has 0 N–H and O–H groups in total. The molecule has 1 aliphatic rings. The van der Waals surface area contributed by atoms with Crippen LogP contribution >= 0.6 is 7.05 Å². The van der Waals surface area contributed by atoms with Gasteiger partial charge in [-0.25, -0.2) is 0 Å². The Morgan fingerprint density at radius 3 is 2.47 bits per heavy atom. The zero-order valence-electron chi connectivity index (χ0n) is 12.9. The van der Waals surface area contributed by atoms with Crippen molar-refractivity contribution >= 4 is 7.05 Å². The largest absolute Gasteiger partial charge is 0.272 e. The van der Waals surface area contributed by atoms with E-state index in [2.05, 4.69) is 62.5 Å². The van der Waals surface area contributed by atoms with Crippen LogP contribution in [0.5, 0.6) is 0 Å². The third-order valence-corrected chi connectivity index (χ3v) is 3.03. The fraction of sp³-hybridized carbons (Fsp3) is 0.500. The summed E-state index contributed by atoms with van der Waals surface area (Å²) in [4.78, 5) is 0. The molecule has 106 valence electrons. The summed E-state index contributed by atoms with van der Waals surface area (Å²) in [5.74, 6) is 0. The molecule has 0 aliphatic heterocycles. The van der Waals surface area contributed by atoms with Crippen LogP contribution in [0.2, 0.25) is 0 Å². The predicted molar refractivity (Wildman–Crippen MR) is 87.8 cm³/mol. The van der Waals surface area contributed by atoms with E-state index in [0.29, 0.717) is 0 Å². The number of nitrogens with zero attached hydrogens (tertiary/aromatic N) is 1. The topological polar surface area (TPSA) is 12.4 Å². The maximum Gasteiger partial charge on any atom is 0.0424 e. The van der Waals surface area contributed by atoms with Crippen LogP contribution in [0, 0.1) is 0 Å². The Balaban J connectivity index is 0. The summed E-state index contributed by atoms with van der Waals surface area (Å²) in [6.45, 7) is 12.5. The summed E-state index contributed by atoms with van der Waals surface area (Å²) < 4.78 is 4.62. The van der Waals surface area contributed by atoms with E-state index in [1.165, 1.54) is 25.0 Å². The van der Waals surface area contributed by atoms with Crippen LogP contribution in [0.25, 0.3) is 0 Å². The minimum Gasteiger partial charge on any atom is -0.272 e. The van der Waals surface area contributed by atoms with Gasteiger partial charge in [0.15, 0.2) is 0 Å². The second-order valence-electron chi connectivity index (χ2n) is 5.14. The van der Waals surface area contributed by atoms with Crippen LogP contribution in [0.4, 0.5) is 0 Å². The third-order valence-electron chi connectivity index (χ3n) is 2.18. The zero-order valence-corrected chi connectivity index (χ0v) is 15.4.